The third-order valence-electron chi connectivity index (χ3n) is 3.17. The molecule has 0 saturated heterocycles. The summed E-state index contributed by atoms with van der Waals surface area (Å²) in [6.07, 6.45) is 2.66. The van der Waals surface area contributed by atoms with Crippen LogP contribution in [0.2, 0.25) is 0 Å². The van der Waals surface area contributed by atoms with Crippen LogP contribution in [0, 0.1) is 5.92 Å². The van der Waals surface area contributed by atoms with Gasteiger partial charge >= 0.3 is 0 Å². The fourth-order valence-electron chi connectivity index (χ4n) is 1.68. The first-order valence-corrected chi connectivity index (χ1v) is 5.58. The molecule has 15 heavy (non-hydrogen) atoms. The molecule has 0 aliphatic heterocycles. The first kappa shape index (κ1) is 12.5. The number of carbonyl (C=O) groups is 1. The number of hydrogen-bond donors (Lipinski definition) is 2. The quantitative estimate of drug-likeness (QED) is 0.706. The molecule has 3 N–H and O–H groups in total. The molecule has 4 nitrogen and oxygen atoms in total. The molecule has 1 atom stereocenters. The SMILES string of the molecule is COCC(NC(=O)C1(N)CCC1)C(C)C. The van der Waals surface area contributed by atoms with Crippen LogP contribution in [-0.4, -0.2) is 31.2 Å². The van der Waals surface area contributed by atoms with Crippen LogP contribution in [0.1, 0.15) is 33.1 Å². The maximum absolute atomic E-state index is 11.8. The monoisotopic (exact) mass is 214 g/mol. The first-order chi connectivity index (χ1) is 6.99. The van der Waals surface area contributed by atoms with Crippen molar-refractivity contribution < 1.29 is 9.53 Å². The molecule has 0 aromatic heterocycles. The summed E-state index contributed by atoms with van der Waals surface area (Å²) >= 11 is 0. The van der Waals surface area contributed by atoms with E-state index in [9.17, 15) is 4.79 Å². The van der Waals surface area contributed by atoms with Crippen LogP contribution in [0.25, 0.3) is 0 Å². The van der Waals surface area contributed by atoms with E-state index in [1.165, 1.54) is 0 Å². The molecule has 0 spiro atoms. The summed E-state index contributed by atoms with van der Waals surface area (Å²) in [6, 6.07) is 0.0588. The van der Waals surface area contributed by atoms with Crippen LogP contribution in [0.4, 0.5) is 0 Å². The molecule has 0 aromatic rings. The van der Waals surface area contributed by atoms with E-state index in [4.69, 9.17) is 10.5 Å². The number of rotatable bonds is 5. The number of nitrogens with one attached hydrogen (secondary N) is 1. The lowest BCUT2D eigenvalue weighted by atomic mass is 9.77. The standard InChI is InChI=1S/C11H22N2O2/c1-8(2)9(7-15-3)13-10(14)11(12)5-4-6-11/h8-9H,4-7,12H2,1-3H3,(H,13,14). The van der Waals surface area contributed by atoms with Gasteiger partial charge in [0.15, 0.2) is 0 Å². The Labute approximate surface area is 91.5 Å². The Hall–Kier alpha value is -0.610. The van der Waals surface area contributed by atoms with Gasteiger partial charge in [-0.3, -0.25) is 4.79 Å². The van der Waals surface area contributed by atoms with E-state index < -0.39 is 5.54 Å². The van der Waals surface area contributed by atoms with E-state index in [1.807, 2.05) is 0 Å². The zero-order valence-electron chi connectivity index (χ0n) is 9.88. The first-order valence-electron chi connectivity index (χ1n) is 5.58. The Morgan fingerprint density at radius 1 is 1.53 bits per heavy atom. The van der Waals surface area contributed by atoms with Crippen LogP contribution < -0.4 is 11.1 Å². The smallest absolute Gasteiger partial charge is 0.240 e. The molecule has 0 aromatic carbocycles. The average Bonchev–Trinajstić information content (AvgIpc) is 2.13. The number of nitrogens with two attached hydrogens (primary N) is 1. The van der Waals surface area contributed by atoms with Gasteiger partial charge in [-0.25, -0.2) is 0 Å². The molecule has 0 bridgehead atoms. The van der Waals surface area contributed by atoms with Crippen molar-refractivity contribution in [2.75, 3.05) is 13.7 Å². The van der Waals surface area contributed by atoms with Crippen molar-refractivity contribution in [3.63, 3.8) is 0 Å². The lowest BCUT2D eigenvalue weighted by Gasteiger charge is -2.38. The molecular weight excluding hydrogens is 192 g/mol. The number of carbonyl (C=O) groups excluding carboxylic acids is 1. The lowest BCUT2D eigenvalue weighted by molar-refractivity contribution is -0.130. The normalized spacial score (nSPS) is 20.9. The Morgan fingerprint density at radius 3 is 2.47 bits per heavy atom. The third-order valence-corrected chi connectivity index (χ3v) is 3.17. The fraction of sp³-hybridized carbons (Fsp3) is 0.909. The molecule has 1 saturated carbocycles. The topological polar surface area (TPSA) is 64.3 Å². The summed E-state index contributed by atoms with van der Waals surface area (Å²) in [5.41, 5.74) is 5.33. The van der Waals surface area contributed by atoms with Crippen molar-refractivity contribution in [3.05, 3.63) is 0 Å². The number of amides is 1. The minimum atomic E-state index is -0.610. The predicted octanol–water partition coefficient (Wildman–Crippen LogP) is 0.655. The molecular formula is C11H22N2O2. The summed E-state index contributed by atoms with van der Waals surface area (Å²) < 4.78 is 5.07. The highest BCUT2D eigenvalue weighted by atomic mass is 16.5. The van der Waals surface area contributed by atoms with Gasteiger partial charge in [-0.1, -0.05) is 13.8 Å². The molecule has 1 unspecified atom stereocenters. The van der Waals surface area contributed by atoms with Gasteiger partial charge in [-0.2, -0.15) is 0 Å². The fourth-order valence-corrected chi connectivity index (χ4v) is 1.68. The predicted molar refractivity (Wildman–Crippen MR) is 59.4 cm³/mol. The van der Waals surface area contributed by atoms with Gasteiger partial charge in [0.05, 0.1) is 18.2 Å². The van der Waals surface area contributed by atoms with Gasteiger partial charge in [-0.05, 0) is 25.2 Å². The number of hydrogen-bond acceptors (Lipinski definition) is 3. The maximum atomic E-state index is 11.8. The van der Waals surface area contributed by atoms with E-state index in [1.54, 1.807) is 7.11 Å². The summed E-state index contributed by atoms with van der Waals surface area (Å²) in [4.78, 5) is 11.8. The van der Waals surface area contributed by atoms with Crippen molar-refractivity contribution in [2.45, 2.75) is 44.7 Å². The number of ether oxygens (including phenoxy) is 1. The Balaban J connectivity index is 2.46. The van der Waals surface area contributed by atoms with Crippen LogP contribution >= 0.6 is 0 Å². The Kier molecular flexibility index (Phi) is 4.11. The summed E-state index contributed by atoms with van der Waals surface area (Å²) in [7, 11) is 1.64. The van der Waals surface area contributed by atoms with E-state index in [-0.39, 0.29) is 11.9 Å². The lowest BCUT2D eigenvalue weighted by Crippen LogP contribution is -2.61. The van der Waals surface area contributed by atoms with E-state index in [0.29, 0.717) is 12.5 Å². The van der Waals surface area contributed by atoms with E-state index in [2.05, 4.69) is 19.2 Å². The zero-order valence-corrected chi connectivity index (χ0v) is 9.88. The van der Waals surface area contributed by atoms with E-state index >= 15 is 0 Å². The van der Waals surface area contributed by atoms with Crippen LogP contribution in [0.3, 0.4) is 0 Å². The molecule has 88 valence electrons. The average molecular weight is 214 g/mol. The minimum Gasteiger partial charge on any atom is -0.383 e. The van der Waals surface area contributed by atoms with Gasteiger partial charge in [0, 0.05) is 7.11 Å². The van der Waals surface area contributed by atoms with E-state index in [0.717, 1.165) is 19.3 Å². The van der Waals surface area contributed by atoms with Crippen molar-refractivity contribution in [1.29, 1.82) is 0 Å². The zero-order chi connectivity index (χ0) is 11.5. The van der Waals surface area contributed by atoms with Gasteiger partial charge < -0.3 is 15.8 Å². The summed E-state index contributed by atoms with van der Waals surface area (Å²) in [5.74, 6) is 0.335. The minimum absolute atomic E-state index is 0.0236. The highest BCUT2D eigenvalue weighted by Crippen LogP contribution is 2.29. The second kappa shape index (κ2) is 4.94. The summed E-state index contributed by atoms with van der Waals surface area (Å²) in [6.45, 7) is 4.67. The molecule has 1 fully saturated rings. The molecule has 0 radical (unpaired) electrons. The van der Waals surface area contributed by atoms with Gasteiger partial charge in [0.25, 0.3) is 0 Å². The highest BCUT2D eigenvalue weighted by molar-refractivity contribution is 5.87. The van der Waals surface area contributed by atoms with Crippen molar-refractivity contribution >= 4 is 5.91 Å². The summed E-state index contributed by atoms with van der Waals surface area (Å²) in [5, 5.41) is 2.97. The second-order valence-electron chi connectivity index (χ2n) is 4.79. The molecule has 1 rings (SSSR count). The van der Waals surface area contributed by atoms with Gasteiger partial charge in [0.1, 0.15) is 0 Å². The molecule has 4 heteroatoms. The van der Waals surface area contributed by atoms with Crippen molar-refractivity contribution in [3.8, 4) is 0 Å². The van der Waals surface area contributed by atoms with Crippen molar-refractivity contribution in [2.24, 2.45) is 11.7 Å². The van der Waals surface area contributed by atoms with Crippen molar-refractivity contribution in [1.82, 2.24) is 5.32 Å². The van der Waals surface area contributed by atoms with Gasteiger partial charge in [-0.15, -0.1) is 0 Å². The maximum Gasteiger partial charge on any atom is 0.240 e. The molecule has 1 aliphatic rings. The molecule has 1 aliphatic carbocycles. The third kappa shape index (κ3) is 2.92. The van der Waals surface area contributed by atoms with Gasteiger partial charge in [0.2, 0.25) is 5.91 Å². The molecule has 0 heterocycles. The van der Waals surface area contributed by atoms with Crippen LogP contribution in [0.15, 0.2) is 0 Å². The number of methoxy groups -OCH3 is 1. The largest absolute Gasteiger partial charge is 0.383 e. The Morgan fingerprint density at radius 2 is 2.13 bits per heavy atom. The van der Waals surface area contributed by atoms with Crippen LogP contribution in [-0.2, 0) is 9.53 Å². The molecule has 1 amide bonds. The Bertz CT molecular complexity index is 225. The van der Waals surface area contributed by atoms with Crippen LogP contribution in [0.5, 0.6) is 0 Å². The second-order valence-corrected chi connectivity index (χ2v) is 4.79. The highest BCUT2D eigenvalue weighted by Gasteiger charge is 2.40.